The molecule has 1 spiro atoms. The van der Waals surface area contributed by atoms with Gasteiger partial charge in [0.2, 0.25) is 0 Å². The van der Waals surface area contributed by atoms with Crippen LogP contribution in [0.2, 0.25) is 0 Å². The number of carbonyl (C=O) groups is 2. The Morgan fingerprint density at radius 1 is 1.15 bits per heavy atom. The van der Waals surface area contributed by atoms with Crippen molar-refractivity contribution in [1.29, 1.82) is 0 Å². The van der Waals surface area contributed by atoms with Crippen molar-refractivity contribution in [2.45, 2.75) is 59.3 Å². The number of fused-ring (bicyclic) bond motifs is 1. The van der Waals surface area contributed by atoms with E-state index in [1.54, 1.807) is 0 Å². The van der Waals surface area contributed by atoms with Gasteiger partial charge in [0, 0.05) is 23.5 Å². The fourth-order valence-electron chi connectivity index (χ4n) is 4.14. The lowest BCUT2D eigenvalue weighted by molar-refractivity contribution is -0.141. The first-order valence-corrected chi connectivity index (χ1v) is 10.9. The average molecular weight is 394 g/mol. The summed E-state index contributed by atoms with van der Waals surface area (Å²) < 4.78 is 5.23. The summed E-state index contributed by atoms with van der Waals surface area (Å²) in [5.74, 6) is -0.936. The topological polar surface area (TPSA) is 66.8 Å². The number of hydrogen-bond acceptors (Lipinski definition) is 5. The van der Waals surface area contributed by atoms with Crippen LogP contribution in [0.5, 0.6) is 0 Å². The quantitative estimate of drug-likeness (QED) is 0.838. The predicted octanol–water partition coefficient (Wildman–Crippen LogP) is 3.97. The number of carboxylic acids is 1. The Balaban J connectivity index is 1.44. The first-order chi connectivity index (χ1) is 12.6. The van der Waals surface area contributed by atoms with Gasteiger partial charge >= 0.3 is 12.1 Å². The van der Waals surface area contributed by atoms with Crippen molar-refractivity contribution in [1.82, 2.24) is 4.90 Å². The van der Waals surface area contributed by atoms with Gasteiger partial charge < -0.3 is 9.84 Å². The minimum Gasteiger partial charge on any atom is -0.480 e. The van der Waals surface area contributed by atoms with Gasteiger partial charge in [-0.25, -0.2) is 9.59 Å². The number of hydrogen-bond donors (Lipinski definition) is 1. The predicted molar refractivity (Wildman–Crippen MR) is 103 cm³/mol. The fraction of sp³-hybridized carbons (Fsp3) is 0.579. The molecule has 2 aliphatic heterocycles. The molecule has 3 fully saturated rings. The largest absolute Gasteiger partial charge is 0.480 e. The van der Waals surface area contributed by atoms with E-state index in [-0.39, 0.29) is 10.7 Å². The van der Waals surface area contributed by atoms with E-state index in [1.807, 2.05) is 53.9 Å². The lowest BCUT2D eigenvalue weighted by atomic mass is 10.00. The van der Waals surface area contributed by atoms with E-state index in [1.165, 1.54) is 30.6 Å². The average Bonchev–Trinajstić information content (AvgIpc) is 3.20. The molecule has 0 bridgehead atoms. The van der Waals surface area contributed by atoms with Gasteiger partial charge in [0.15, 0.2) is 0 Å². The molecule has 1 amide bonds. The van der Waals surface area contributed by atoms with Gasteiger partial charge in [-0.05, 0) is 18.4 Å². The van der Waals surface area contributed by atoms with Gasteiger partial charge in [0.25, 0.3) is 0 Å². The zero-order valence-electron chi connectivity index (χ0n) is 14.5. The first-order valence-electron chi connectivity index (χ1n) is 9.12. The molecule has 4 rings (SSSR count). The third-order valence-corrected chi connectivity index (χ3v) is 9.33. The molecule has 3 unspecified atom stereocenters. The van der Waals surface area contributed by atoms with Crippen LogP contribution in [0.25, 0.3) is 0 Å². The van der Waals surface area contributed by atoms with Crippen molar-refractivity contribution in [2.75, 3.05) is 6.54 Å². The van der Waals surface area contributed by atoms with E-state index in [0.29, 0.717) is 23.5 Å². The van der Waals surface area contributed by atoms with Crippen LogP contribution >= 0.6 is 23.5 Å². The van der Waals surface area contributed by atoms with E-state index >= 15 is 0 Å². The first kappa shape index (κ1) is 18.0. The number of carboxylic acid groups (broad SMARTS) is 1. The molecule has 3 aliphatic rings. The van der Waals surface area contributed by atoms with Gasteiger partial charge in [-0.3, -0.25) is 4.90 Å². The highest BCUT2D eigenvalue weighted by Gasteiger charge is 2.56. The standard InChI is InChI=1S/C19H23NO4S2/c21-17(22)14-10-19(25-15-8-4-5-9-16(15)26-19)12-20(14)18(23)24-11-13-6-2-1-3-7-13/h1-3,6-7,14-16H,4-5,8-12H2,(H,21,22). The SMILES string of the molecule is O=C(O)C1CC2(CN1C(=O)OCc1ccccc1)SC1CCCCC1S2. The van der Waals surface area contributed by atoms with Crippen LogP contribution in [-0.2, 0) is 16.1 Å². The Labute approximate surface area is 161 Å². The summed E-state index contributed by atoms with van der Waals surface area (Å²) in [6.45, 7) is 0.626. The number of likely N-dealkylation sites (tertiary alicyclic amines) is 1. The number of thioether (sulfide) groups is 2. The lowest BCUT2D eigenvalue weighted by Gasteiger charge is -2.23. The van der Waals surface area contributed by atoms with Crippen LogP contribution in [0.1, 0.15) is 37.7 Å². The van der Waals surface area contributed by atoms with Gasteiger partial charge in [-0.2, -0.15) is 0 Å². The van der Waals surface area contributed by atoms with Crippen LogP contribution in [0, 0.1) is 0 Å². The second-order valence-corrected chi connectivity index (χ2v) is 10.7. The minimum atomic E-state index is -0.936. The van der Waals surface area contributed by atoms with Gasteiger partial charge in [0.1, 0.15) is 12.6 Å². The summed E-state index contributed by atoms with van der Waals surface area (Å²) in [6, 6.07) is 8.67. The van der Waals surface area contributed by atoms with Crippen molar-refractivity contribution >= 4 is 35.6 Å². The smallest absolute Gasteiger partial charge is 0.410 e. The van der Waals surface area contributed by atoms with E-state index < -0.39 is 18.1 Å². The van der Waals surface area contributed by atoms with Crippen LogP contribution in [0.15, 0.2) is 30.3 Å². The van der Waals surface area contributed by atoms with Crippen LogP contribution in [0.3, 0.4) is 0 Å². The van der Waals surface area contributed by atoms with Gasteiger partial charge in [0.05, 0.1) is 4.08 Å². The van der Waals surface area contributed by atoms with E-state index in [4.69, 9.17) is 4.74 Å². The number of aliphatic carboxylic acids is 1. The number of carbonyl (C=O) groups excluding carboxylic acids is 1. The molecule has 5 nitrogen and oxygen atoms in total. The Hall–Kier alpha value is -1.34. The van der Waals surface area contributed by atoms with E-state index in [2.05, 4.69) is 0 Å². The molecule has 1 N–H and O–H groups in total. The molecular formula is C19H23NO4S2. The third kappa shape index (κ3) is 3.56. The van der Waals surface area contributed by atoms with E-state index in [0.717, 1.165) is 5.56 Å². The maximum absolute atomic E-state index is 12.6. The van der Waals surface area contributed by atoms with Crippen molar-refractivity contribution in [2.24, 2.45) is 0 Å². The summed E-state index contributed by atoms with van der Waals surface area (Å²) in [7, 11) is 0. The summed E-state index contributed by atoms with van der Waals surface area (Å²) in [5, 5.41) is 10.9. The van der Waals surface area contributed by atoms with Crippen molar-refractivity contribution in [3.63, 3.8) is 0 Å². The minimum absolute atomic E-state index is 0.168. The molecule has 0 aromatic heterocycles. The monoisotopic (exact) mass is 393 g/mol. The second-order valence-electron chi connectivity index (χ2n) is 7.23. The summed E-state index contributed by atoms with van der Waals surface area (Å²) in [5.41, 5.74) is 0.900. The molecule has 2 saturated heterocycles. The highest BCUT2D eigenvalue weighted by molar-refractivity contribution is 8.22. The number of rotatable bonds is 3. The Bertz CT molecular complexity index is 669. The maximum atomic E-state index is 12.6. The molecule has 1 aromatic carbocycles. The molecule has 1 aliphatic carbocycles. The summed E-state index contributed by atoms with van der Waals surface area (Å²) >= 11 is 3.82. The Morgan fingerprint density at radius 2 is 1.81 bits per heavy atom. The number of benzene rings is 1. The molecule has 3 atom stereocenters. The normalized spacial score (nSPS) is 33.2. The third-order valence-electron chi connectivity index (χ3n) is 5.39. The van der Waals surface area contributed by atoms with Gasteiger partial charge in [-0.15, -0.1) is 23.5 Å². The second kappa shape index (κ2) is 7.35. The molecule has 1 saturated carbocycles. The molecule has 140 valence electrons. The number of amides is 1. The highest BCUT2D eigenvalue weighted by Crippen LogP contribution is 2.61. The zero-order valence-corrected chi connectivity index (χ0v) is 16.1. The molecule has 0 radical (unpaired) electrons. The molecule has 2 heterocycles. The maximum Gasteiger partial charge on any atom is 0.410 e. The van der Waals surface area contributed by atoms with Gasteiger partial charge in [-0.1, -0.05) is 43.2 Å². The number of ether oxygens (including phenoxy) is 1. The highest BCUT2D eigenvalue weighted by atomic mass is 32.2. The van der Waals surface area contributed by atoms with Crippen LogP contribution in [-0.4, -0.2) is 49.2 Å². The Kier molecular flexibility index (Phi) is 5.10. The molecule has 26 heavy (non-hydrogen) atoms. The summed E-state index contributed by atoms with van der Waals surface area (Å²) in [6.07, 6.45) is 4.92. The van der Waals surface area contributed by atoms with Crippen LogP contribution in [0.4, 0.5) is 4.79 Å². The van der Waals surface area contributed by atoms with Crippen molar-refractivity contribution in [3.05, 3.63) is 35.9 Å². The van der Waals surface area contributed by atoms with Crippen LogP contribution < -0.4 is 0 Å². The lowest BCUT2D eigenvalue weighted by Crippen LogP contribution is -2.41. The molecule has 1 aromatic rings. The van der Waals surface area contributed by atoms with Crippen molar-refractivity contribution in [3.8, 4) is 0 Å². The van der Waals surface area contributed by atoms with Crippen molar-refractivity contribution < 1.29 is 19.4 Å². The zero-order chi connectivity index (χ0) is 18.1. The molecular weight excluding hydrogens is 370 g/mol. The number of nitrogens with zero attached hydrogens (tertiary/aromatic N) is 1. The molecule has 7 heteroatoms. The fourth-order valence-corrected chi connectivity index (χ4v) is 8.62. The van der Waals surface area contributed by atoms with E-state index in [9.17, 15) is 14.7 Å². The Morgan fingerprint density at radius 3 is 2.42 bits per heavy atom. The summed E-state index contributed by atoms with van der Waals surface area (Å²) in [4.78, 5) is 25.8.